The van der Waals surface area contributed by atoms with Crippen molar-refractivity contribution in [3.63, 3.8) is 0 Å². The number of carboxylic acid groups (broad SMARTS) is 1. The fourth-order valence-corrected chi connectivity index (χ4v) is 2.44. The lowest BCUT2D eigenvalue weighted by atomic mass is 10.1. The molecule has 0 saturated heterocycles. The van der Waals surface area contributed by atoms with E-state index in [0.717, 1.165) is 10.9 Å². The largest absolute Gasteiger partial charge is 0.478 e. The van der Waals surface area contributed by atoms with Gasteiger partial charge in [-0.25, -0.2) is 9.18 Å². The van der Waals surface area contributed by atoms with Crippen molar-refractivity contribution >= 4 is 38.6 Å². The summed E-state index contributed by atoms with van der Waals surface area (Å²) in [6, 6.07) is 2.72. The Morgan fingerprint density at radius 3 is 2.94 bits per heavy atom. The maximum absolute atomic E-state index is 13.0. The molecule has 2 N–H and O–H groups in total. The Labute approximate surface area is 92.5 Å². The third-order valence-corrected chi connectivity index (χ3v) is 3.29. The standard InChI is InChI=1S/C10H5FN2O2S/c11-5-1-4-2-6(10(14)15)8-9(16-13-8)7(4)12-3-5/h1-3,13H,(H,14,15). The molecule has 2 aromatic heterocycles. The molecule has 0 saturated carbocycles. The summed E-state index contributed by atoms with van der Waals surface area (Å²) < 4.78 is 16.6. The van der Waals surface area contributed by atoms with E-state index >= 15 is 0 Å². The molecule has 16 heavy (non-hydrogen) atoms. The SMILES string of the molecule is O=C(O)c1cc2cc(F)cnc2c2s[nH]c12. The Morgan fingerprint density at radius 2 is 2.31 bits per heavy atom. The van der Waals surface area contributed by atoms with Gasteiger partial charge in [0.25, 0.3) is 0 Å². The first-order valence-corrected chi connectivity index (χ1v) is 5.27. The molecule has 0 spiro atoms. The Kier molecular flexibility index (Phi) is 1.75. The topological polar surface area (TPSA) is 66.0 Å². The number of carbonyl (C=O) groups is 1. The molecular weight excluding hydrogens is 231 g/mol. The molecule has 1 aromatic carbocycles. The van der Waals surface area contributed by atoms with E-state index < -0.39 is 11.8 Å². The van der Waals surface area contributed by atoms with Gasteiger partial charge in [0, 0.05) is 5.39 Å². The average molecular weight is 236 g/mol. The first-order chi connectivity index (χ1) is 7.66. The molecular formula is C10H5FN2O2S. The number of hydrogen-bond acceptors (Lipinski definition) is 3. The average Bonchev–Trinajstić information content (AvgIpc) is 2.17. The normalized spacial score (nSPS) is 11.3. The van der Waals surface area contributed by atoms with Crippen molar-refractivity contribution in [2.75, 3.05) is 0 Å². The van der Waals surface area contributed by atoms with Crippen LogP contribution in [0.1, 0.15) is 10.4 Å². The minimum Gasteiger partial charge on any atom is -0.478 e. The molecule has 0 fully saturated rings. The summed E-state index contributed by atoms with van der Waals surface area (Å²) in [5.74, 6) is -1.50. The van der Waals surface area contributed by atoms with E-state index in [-0.39, 0.29) is 5.56 Å². The number of H-pyrrole nitrogens is 1. The van der Waals surface area contributed by atoms with Crippen molar-refractivity contribution < 1.29 is 14.3 Å². The van der Waals surface area contributed by atoms with Gasteiger partial charge in [-0.1, -0.05) is 11.5 Å². The maximum atomic E-state index is 13.0. The zero-order valence-corrected chi connectivity index (χ0v) is 8.64. The van der Waals surface area contributed by atoms with Crippen LogP contribution < -0.4 is 0 Å². The highest BCUT2D eigenvalue weighted by Crippen LogP contribution is 2.31. The van der Waals surface area contributed by atoms with E-state index in [1.165, 1.54) is 23.7 Å². The van der Waals surface area contributed by atoms with Gasteiger partial charge in [-0.3, -0.25) is 4.98 Å². The van der Waals surface area contributed by atoms with Gasteiger partial charge in [0.2, 0.25) is 0 Å². The highest BCUT2D eigenvalue weighted by molar-refractivity contribution is 7.16. The number of benzene rings is 1. The number of aromatic nitrogens is 2. The molecule has 0 bridgehead atoms. The van der Waals surface area contributed by atoms with Crippen LogP contribution in [0.15, 0.2) is 18.3 Å². The van der Waals surface area contributed by atoms with Crippen LogP contribution in [0.2, 0.25) is 0 Å². The number of aromatic amines is 1. The summed E-state index contributed by atoms with van der Waals surface area (Å²) in [6.45, 7) is 0. The van der Waals surface area contributed by atoms with E-state index in [1.54, 1.807) is 0 Å². The summed E-state index contributed by atoms with van der Waals surface area (Å²) >= 11 is 1.30. The highest BCUT2D eigenvalue weighted by Gasteiger charge is 2.16. The van der Waals surface area contributed by atoms with Crippen molar-refractivity contribution in [2.24, 2.45) is 0 Å². The first kappa shape index (κ1) is 9.29. The Bertz CT molecular complexity index is 716. The van der Waals surface area contributed by atoms with E-state index in [9.17, 15) is 9.18 Å². The van der Waals surface area contributed by atoms with Gasteiger partial charge in [0.05, 0.1) is 27.5 Å². The molecule has 0 aliphatic carbocycles. The van der Waals surface area contributed by atoms with Gasteiger partial charge >= 0.3 is 5.97 Å². The molecule has 0 unspecified atom stereocenters. The van der Waals surface area contributed by atoms with Crippen LogP contribution in [0, 0.1) is 5.82 Å². The van der Waals surface area contributed by atoms with E-state index in [0.29, 0.717) is 16.4 Å². The van der Waals surface area contributed by atoms with Crippen LogP contribution in [0.4, 0.5) is 4.39 Å². The summed E-state index contributed by atoms with van der Waals surface area (Å²) in [5, 5.41) is 9.49. The van der Waals surface area contributed by atoms with Crippen LogP contribution >= 0.6 is 11.5 Å². The van der Waals surface area contributed by atoms with Crippen molar-refractivity contribution in [3.05, 3.63) is 29.7 Å². The van der Waals surface area contributed by atoms with Gasteiger partial charge in [-0.2, -0.15) is 0 Å². The Hall–Kier alpha value is -1.95. The predicted molar refractivity (Wildman–Crippen MR) is 58.4 cm³/mol. The zero-order chi connectivity index (χ0) is 11.3. The number of pyridine rings is 1. The maximum Gasteiger partial charge on any atom is 0.337 e. The Balaban J connectivity index is 2.48. The van der Waals surface area contributed by atoms with E-state index in [2.05, 4.69) is 9.36 Å². The summed E-state index contributed by atoms with van der Waals surface area (Å²) in [5.41, 5.74) is 1.34. The molecule has 6 heteroatoms. The summed E-state index contributed by atoms with van der Waals surface area (Å²) in [7, 11) is 0. The first-order valence-electron chi connectivity index (χ1n) is 4.45. The minimum atomic E-state index is -1.03. The molecule has 0 aliphatic heterocycles. The third-order valence-electron chi connectivity index (χ3n) is 2.38. The quantitative estimate of drug-likeness (QED) is 0.682. The third kappa shape index (κ3) is 1.13. The molecule has 3 rings (SSSR count). The lowest BCUT2D eigenvalue weighted by Gasteiger charge is -2.08. The van der Waals surface area contributed by atoms with Crippen LogP contribution in [0.25, 0.3) is 21.1 Å². The smallest absolute Gasteiger partial charge is 0.337 e. The second-order valence-electron chi connectivity index (χ2n) is 3.36. The molecule has 3 aromatic rings. The van der Waals surface area contributed by atoms with Gasteiger partial charge in [0.15, 0.2) is 0 Å². The summed E-state index contributed by atoms with van der Waals surface area (Å²) in [6.07, 6.45) is 1.13. The fraction of sp³-hybridized carbons (Fsp3) is 0. The molecule has 80 valence electrons. The van der Waals surface area contributed by atoms with Gasteiger partial charge in [-0.05, 0) is 12.1 Å². The number of hydrogen-bond donors (Lipinski definition) is 2. The molecule has 4 nitrogen and oxygen atoms in total. The number of nitrogens with zero attached hydrogens (tertiary/aromatic N) is 1. The number of aromatic carboxylic acids is 1. The zero-order valence-electron chi connectivity index (χ0n) is 7.82. The van der Waals surface area contributed by atoms with Crippen LogP contribution in [-0.2, 0) is 0 Å². The van der Waals surface area contributed by atoms with E-state index in [4.69, 9.17) is 5.11 Å². The second-order valence-corrected chi connectivity index (χ2v) is 4.18. The van der Waals surface area contributed by atoms with Crippen molar-refractivity contribution in [1.82, 2.24) is 9.36 Å². The number of carboxylic acids is 1. The van der Waals surface area contributed by atoms with E-state index in [1.807, 2.05) is 0 Å². The van der Waals surface area contributed by atoms with Crippen LogP contribution in [-0.4, -0.2) is 20.4 Å². The molecule has 0 aliphatic rings. The molecule has 0 amide bonds. The summed E-state index contributed by atoms with van der Waals surface area (Å²) in [4.78, 5) is 14.9. The van der Waals surface area contributed by atoms with Crippen LogP contribution in [0.5, 0.6) is 0 Å². The number of fused-ring (bicyclic) bond motifs is 3. The number of rotatable bonds is 1. The monoisotopic (exact) mass is 236 g/mol. The van der Waals surface area contributed by atoms with Crippen LogP contribution in [0.3, 0.4) is 0 Å². The number of halogens is 1. The van der Waals surface area contributed by atoms with Crippen molar-refractivity contribution in [3.8, 4) is 0 Å². The molecule has 0 atom stereocenters. The van der Waals surface area contributed by atoms with Gasteiger partial charge < -0.3 is 9.48 Å². The lowest BCUT2D eigenvalue weighted by Crippen LogP contribution is -2.01. The predicted octanol–water partition coefficient (Wildman–Crippen LogP) is 2.61. The van der Waals surface area contributed by atoms with Gasteiger partial charge in [-0.15, -0.1) is 0 Å². The minimum absolute atomic E-state index is 0.147. The molecule has 2 heterocycles. The van der Waals surface area contributed by atoms with Crippen molar-refractivity contribution in [1.29, 1.82) is 0 Å². The highest BCUT2D eigenvalue weighted by atomic mass is 32.1. The lowest BCUT2D eigenvalue weighted by molar-refractivity contribution is 0.0699. The Morgan fingerprint density at radius 1 is 1.50 bits per heavy atom. The fourth-order valence-electron chi connectivity index (χ4n) is 1.65. The van der Waals surface area contributed by atoms with Crippen molar-refractivity contribution in [2.45, 2.75) is 0 Å². The van der Waals surface area contributed by atoms with Gasteiger partial charge in [0.1, 0.15) is 5.82 Å². The molecule has 0 radical (unpaired) electrons. The second kappa shape index (κ2) is 3.02. The number of nitrogens with one attached hydrogen (secondary N) is 1.